The molecule has 0 spiro atoms. The first-order valence-electron chi connectivity index (χ1n) is 8.60. The van der Waals surface area contributed by atoms with E-state index in [1.807, 2.05) is 25.1 Å². The molecule has 144 valence electrons. The lowest BCUT2D eigenvalue weighted by Crippen LogP contribution is -2.38. The van der Waals surface area contributed by atoms with Gasteiger partial charge in [0.2, 0.25) is 11.1 Å². The van der Waals surface area contributed by atoms with E-state index in [1.54, 1.807) is 22.9 Å². The molecule has 9 heteroatoms. The van der Waals surface area contributed by atoms with Crippen molar-refractivity contribution in [2.75, 3.05) is 5.43 Å². The summed E-state index contributed by atoms with van der Waals surface area (Å²) in [5.74, 6) is 1.69. The van der Waals surface area contributed by atoms with E-state index in [9.17, 15) is 4.79 Å². The highest BCUT2D eigenvalue weighted by molar-refractivity contribution is 7.98. The van der Waals surface area contributed by atoms with Gasteiger partial charge in [0.1, 0.15) is 5.76 Å². The highest BCUT2D eigenvalue weighted by atomic mass is 32.2. The van der Waals surface area contributed by atoms with Gasteiger partial charge in [0.25, 0.3) is 0 Å². The molecule has 1 aromatic carbocycles. The number of nitrogens with one attached hydrogen (secondary N) is 2. The van der Waals surface area contributed by atoms with Crippen LogP contribution in [0.2, 0.25) is 0 Å². The second-order valence-electron chi connectivity index (χ2n) is 5.64. The second-order valence-corrected chi connectivity index (χ2v) is 6.99. The predicted molar refractivity (Wildman–Crippen MR) is 113 cm³/mol. The van der Waals surface area contributed by atoms with Gasteiger partial charge in [-0.1, -0.05) is 49.0 Å². The summed E-state index contributed by atoms with van der Waals surface area (Å²) in [6, 6.07) is 13.6. The molecule has 0 aliphatic carbocycles. The molecule has 0 atom stereocenters. The number of furan rings is 1. The first-order chi connectivity index (χ1) is 13.7. The number of hydrogen-bond donors (Lipinski definition) is 2. The van der Waals surface area contributed by atoms with Crippen molar-refractivity contribution in [3.8, 4) is 0 Å². The highest BCUT2D eigenvalue weighted by Gasteiger charge is 2.13. The largest absolute Gasteiger partial charge is 0.465 e. The normalized spacial score (nSPS) is 10.9. The van der Waals surface area contributed by atoms with E-state index in [1.165, 1.54) is 29.7 Å². The van der Waals surface area contributed by atoms with E-state index in [0.29, 0.717) is 17.3 Å². The van der Waals surface area contributed by atoms with Crippen LogP contribution in [-0.4, -0.2) is 25.9 Å². The number of nitrogens with zero attached hydrogens (tertiary/aromatic N) is 3. The molecular weight excluding hydrogens is 394 g/mol. The van der Waals surface area contributed by atoms with Crippen molar-refractivity contribution in [1.29, 1.82) is 0 Å². The molecule has 0 aliphatic heterocycles. The minimum absolute atomic E-state index is 0.158. The van der Waals surface area contributed by atoms with Gasteiger partial charge in [0.15, 0.2) is 10.9 Å². The Hall–Kier alpha value is -2.91. The first-order valence-corrected chi connectivity index (χ1v) is 9.99. The number of thiocarbonyl (C=S) groups is 1. The topological polar surface area (TPSA) is 85.0 Å². The van der Waals surface area contributed by atoms with Gasteiger partial charge in [-0.25, -0.2) is 4.68 Å². The van der Waals surface area contributed by atoms with E-state index < -0.39 is 0 Å². The molecule has 0 saturated carbocycles. The summed E-state index contributed by atoms with van der Waals surface area (Å²) in [5, 5.41) is 11.8. The third-order valence-electron chi connectivity index (χ3n) is 3.62. The van der Waals surface area contributed by atoms with Crippen LogP contribution in [0.1, 0.15) is 24.1 Å². The molecule has 7 nitrogen and oxygen atoms in total. The fraction of sp³-hybridized carbons (Fsp3) is 0.158. The predicted octanol–water partition coefficient (Wildman–Crippen LogP) is 3.38. The number of carbonyl (C=O) groups is 1. The average Bonchev–Trinajstić information content (AvgIpc) is 3.35. The van der Waals surface area contributed by atoms with E-state index >= 15 is 0 Å². The van der Waals surface area contributed by atoms with Gasteiger partial charge in [0.05, 0.1) is 6.26 Å². The molecule has 28 heavy (non-hydrogen) atoms. The SMILES string of the molecule is CCc1nnc(SCc2ccccc2)n1NC(=S)NC(=O)C=Cc1ccco1. The molecule has 0 aliphatic rings. The number of rotatable bonds is 7. The Morgan fingerprint density at radius 2 is 2.07 bits per heavy atom. The molecule has 0 fully saturated rings. The molecule has 0 radical (unpaired) electrons. The maximum Gasteiger partial charge on any atom is 0.250 e. The lowest BCUT2D eigenvalue weighted by Gasteiger charge is -2.13. The second kappa shape index (κ2) is 9.86. The van der Waals surface area contributed by atoms with E-state index in [4.69, 9.17) is 16.6 Å². The van der Waals surface area contributed by atoms with Gasteiger partial charge >= 0.3 is 0 Å². The summed E-state index contributed by atoms with van der Waals surface area (Å²) in [7, 11) is 0. The molecule has 2 N–H and O–H groups in total. The van der Waals surface area contributed by atoms with E-state index in [-0.39, 0.29) is 11.0 Å². The number of hydrogen-bond acceptors (Lipinski definition) is 6. The van der Waals surface area contributed by atoms with Gasteiger partial charge in [-0.05, 0) is 36.0 Å². The number of aromatic nitrogens is 3. The molecule has 2 heterocycles. The molecule has 2 aromatic heterocycles. The molecule has 3 aromatic rings. The smallest absolute Gasteiger partial charge is 0.250 e. The van der Waals surface area contributed by atoms with Crippen LogP contribution < -0.4 is 10.7 Å². The quantitative estimate of drug-likeness (QED) is 0.349. The molecular formula is C19H19N5O2S2. The zero-order valence-corrected chi connectivity index (χ0v) is 16.8. The van der Waals surface area contributed by atoms with Crippen LogP contribution in [0.3, 0.4) is 0 Å². The number of thioether (sulfide) groups is 1. The lowest BCUT2D eigenvalue weighted by molar-refractivity contribution is -0.115. The number of aryl methyl sites for hydroxylation is 1. The van der Waals surface area contributed by atoms with Crippen LogP contribution in [0, 0.1) is 0 Å². The fourth-order valence-corrected chi connectivity index (χ4v) is 3.34. The Morgan fingerprint density at radius 1 is 1.25 bits per heavy atom. The Balaban J connectivity index is 1.61. The standard InChI is InChI=1S/C19H19N5O2S2/c1-2-16-21-22-19(28-13-14-7-4-3-5-8-14)24(16)23-18(27)20-17(25)11-10-15-9-6-12-26-15/h3-12H,2,13H2,1H3,(H2,20,23,25,27). The van der Waals surface area contributed by atoms with Crippen LogP contribution in [0.25, 0.3) is 6.08 Å². The number of amides is 1. The Labute approximate surface area is 172 Å². The minimum atomic E-state index is -0.362. The van der Waals surface area contributed by atoms with Crippen molar-refractivity contribution in [1.82, 2.24) is 20.2 Å². The summed E-state index contributed by atoms with van der Waals surface area (Å²) in [5.41, 5.74) is 4.16. The Kier molecular flexibility index (Phi) is 6.99. The average molecular weight is 414 g/mol. The number of carbonyl (C=O) groups excluding carboxylic acids is 1. The van der Waals surface area contributed by atoms with Crippen molar-refractivity contribution < 1.29 is 9.21 Å². The summed E-state index contributed by atoms with van der Waals surface area (Å²) in [6.07, 6.45) is 5.12. The lowest BCUT2D eigenvalue weighted by atomic mass is 10.2. The van der Waals surface area contributed by atoms with Crippen molar-refractivity contribution in [2.24, 2.45) is 0 Å². The van der Waals surface area contributed by atoms with Crippen LogP contribution in [0.5, 0.6) is 0 Å². The first kappa shape index (κ1) is 19.8. The van der Waals surface area contributed by atoms with Crippen molar-refractivity contribution in [3.63, 3.8) is 0 Å². The summed E-state index contributed by atoms with van der Waals surface area (Å²) < 4.78 is 6.85. The van der Waals surface area contributed by atoms with E-state index in [0.717, 1.165) is 11.6 Å². The molecule has 1 amide bonds. The molecule has 0 unspecified atom stereocenters. The fourth-order valence-electron chi connectivity index (χ4n) is 2.28. The van der Waals surface area contributed by atoms with E-state index in [2.05, 4.69) is 33.1 Å². The van der Waals surface area contributed by atoms with Gasteiger partial charge in [-0.2, -0.15) is 0 Å². The molecule has 0 bridgehead atoms. The van der Waals surface area contributed by atoms with Gasteiger partial charge in [-0.15, -0.1) is 10.2 Å². The van der Waals surface area contributed by atoms with Gasteiger partial charge in [0, 0.05) is 18.2 Å². The third-order valence-corrected chi connectivity index (χ3v) is 4.81. The Bertz CT molecular complexity index is 952. The van der Waals surface area contributed by atoms with Crippen LogP contribution in [0.15, 0.2) is 64.4 Å². The highest BCUT2D eigenvalue weighted by Crippen LogP contribution is 2.21. The van der Waals surface area contributed by atoms with Crippen molar-refractivity contribution >= 4 is 41.1 Å². The minimum Gasteiger partial charge on any atom is -0.465 e. The Morgan fingerprint density at radius 3 is 2.79 bits per heavy atom. The van der Waals surface area contributed by atoms with Crippen LogP contribution >= 0.6 is 24.0 Å². The van der Waals surface area contributed by atoms with Crippen molar-refractivity contribution in [3.05, 3.63) is 72.0 Å². The third kappa shape index (κ3) is 5.54. The van der Waals surface area contributed by atoms with Gasteiger partial charge < -0.3 is 4.42 Å². The maximum atomic E-state index is 12.0. The summed E-state index contributed by atoms with van der Waals surface area (Å²) in [4.78, 5) is 12.0. The van der Waals surface area contributed by atoms with Crippen molar-refractivity contribution in [2.45, 2.75) is 24.3 Å². The van der Waals surface area contributed by atoms with Crippen LogP contribution in [0.4, 0.5) is 0 Å². The monoisotopic (exact) mass is 413 g/mol. The molecule has 0 saturated heterocycles. The zero-order chi connectivity index (χ0) is 19.8. The van der Waals surface area contributed by atoms with Crippen LogP contribution in [-0.2, 0) is 17.0 Å². The zero-order valence-electron chi connectivity index (χ0n) is 15.2. The number of benzene rings is 1. The van der Waals surface area contributed by atoms with Gasteiger partial charge in [-0.3, -0.25) is 15.5 Å². The summed E-state index contributed by atoms with van der Waals surface area (Å²) in [6.45, 7) is 1.97. The maximum absolute atomic E-state index is 12.0. The molecule has 3 rings (SSSR count). The summed E-state index contributed by atoms with van der Waals surface area (Å²) >= 11 is 6.79.